The summed E-state index contributed by atoms with van der Waals surface area (Å²) in [5.41, 5.74) is 0.178. The van der Waals surface area contributed by atoms with Gasteiger partial charge in [0.25, 0.3) is 0 Å². The summed E-state index contributed by atoms with van der Waals surface area (Å²) < 4.78 is -0.213. The van der Waals surface area contributed by atoms with E-state index in [1.165, 1.54) is 24.3 Å². The third-order valence-corrected chi connectivity index (χ3v) is 3.08. The van der Waals surface area contributed by atoms with E-state index in [4.69, 9.17) is 0 Å². The van der Waals surface area contributed by atoms with Gasteiger partial charge in [0.2, 0.25) is 0 Å². The van der Waals surface area contributed by atoms with Gasteiger partial charge in [-0.15, -0.1) is 9.81 Å². The first-order valence-corrected chi connectivity index (χ1v) is 7.70. The van der Waals surface area contributed by atoms with Crippen molar-refractivity contribution in [2.75, 3.05) is 0 Å². The predicted molar refractivity (Wildman–Crippen MR) is 87.0 cm³/mol. The zero-order valence-electron chi connectivity index (χ0n) is 14.1. The molecule has 29 heavy (non-hydrogen) atoms. The quantitative estimate of drug-likeness (QED) is 0.306. The van der Waals surface area contributed by atoms with E-state index in [0.717, 1.165) is 0 Å². The van der Waals surface area contributed by atoms with Gasteiger partial charge >= 0.3 is 98.0 Å². The van der Waals surface area contributed by atoms with Crippen molar-refractivity contribution in [3.05, 3.63) is 79.3 Å². The molecule has 0 amide bonds. The molecule has 0 aliphatic carbocycles. The number of rotatable bonds is 10. The summed E-state index contributed by atoms with van der Waals surface area (Å²) in [6.45, 7) is 0. The van der Waals surface area contributed by atoms with E-state index in [1.807, 2.05) is 0 Å². The van der Waals surface area contributed by atoms with Crippen LogP contribution in [-0.4, -0.2) is 14.2 Å². The first kappa shape index (κ1) is 23.2. The molecular weight excluding hydrogens is 443 g/mol. The normalized spacial score (nSPS) is 10.6. The second-order valence-electron chi connectivity index (χ2n) is 4.62. The van der Waals surface area contributed by atoms with Crippen molar-refractivity contribution in [2.24, 2.45) is 16.0 Å². The van der Waals surface area contributed by atoms with Gasteiger partial charge in [-0.3, -0.25) is 0 Å². The van der Waals surface area contributed by atoms with Crippen LogP contribution in [0.2, 0.25) is 0 Å². The van der Waals surface area contributed by atoms with Crippen LogP contribution in [0.5, 0.6) is 11.5 Å². The fourth-order valence-electron chi connectivity index (χ4n) is 1.83. The third-order valence-electron chi connectivity index (χ3n) is 2.97. The van der Waals surface area contributed by atoms with Gasteiger partial charge < -0.3 is 14.8 Å². The van der Waals surface area contributed by atoms with Crippen LogP contribution < -0.4 is 0 Å². The summed E-state index contributed by atoms with van der Waals surface area (Å²) >= 11 is 3.31. The summed E-state index contributed by atoms with van der Waals surface area (Å²) in [5.74, 6) is -0.384. The summed E-state index contributed by atoms with van der Waals surface area (Å²) in [6, 6.07) is 11.7. The Hall–Kier alpha value is -3.85. The molecule has 0 fully saturated rings. The molecule has 0 spiro atoms. The zero-order valence-corrected chi connectivity index (χ0v) is 15.1. The molecule has 0 heterocycles. The second kappa shape index (κ2) is 12.5. The number of aromatic hydroxyl groups is 2. The number of benzene rings is 2. The van der Waals surface area contributed by atoms with E-state index in [9.17, 15) is 29.8 Å². The first-order valence-electron chi connectivity index (χ1n) is 7.23. The predicted octanol–water partition coefficient (Wildman–Crippen LogP) is 3.05. The molecule has 1 atom stereocenters. The molecule has 14 nitrogen and oxygen atoms in total. The van der Waals surface area contributed by atoms with Gasteiger partial charge in [-0.05, 0) is 12.1 Å². The van der Waals surface area contributed by atoms with Crippen molar-refractivity contribution in [2.45, 2.75) is 12.6 Å². The van der Waals surface area contributed by atoms with Crippen molar-refractivity contribution < 1.29 is 49.5 Å². The van der Waals surface area contributed by atoms with Crippen LogP contribution in [0.4, 0.5) is 0 Å². The van der Waals surface area contributed by atoms with Gasteiger partial charge in [-0.25, -0.2) is 0 Å². The molecule has 2 aromatic rings. The molecule has 2 rings (SSSR count). The molecule has 15 heteroatoms. The molecule has 0 saturated carbocycles. The van der Waals surface area contributed by atoms with Gasteiger partial charge in [-0.1, -0.05) is 12.1 Å². The molecule has 1 unspecified atom stereocenters. The van der Waals surface area contributed by atoms with Gasteiger partial charge in [-0.2, -0.15) is 0 Å². The molecule has 0 bridgehead atoms. The standard InChI is InChI=1S/2C7H6N2O5.Co/c2*10-6-4-2-1-3-5(6)7(13-8-11)14-9-12;/h2*1-4,7,10H;/q;;+3. The monoisotopic (exact) mass is 455 g/mol. The summed E-state index contributed by atoms with van der Waals surface area (Å²) in [6.07, 6.45) is -2.86. The Kier molecular flexibility index (Phi) is 10.0. The average Bonchev–Trinajstić information content (AvgIpc) is 2.69. The minimum atomic E-state index is -1.43. The van der Waals surface area contributed by atoms with E-state index in [1.54, 1.807) is 24.3 Å². The van der Waals surface area contributed by atoms with E-state index in [2.05, 4.69) is 51.3 Å². The molecule has 0 aliphatic heterocycles. The maximum atomic E-state index is 10.5. The molecule has 154 valence electrons. The van der Waals surface area contributed by atoms with Crippen LogP contribution in [0.3, 0.4) is 0 Å². The SMILES string of the molecule is O=NOC(ON=O)c1ccccc1O.O=NOC(O[N+](=O)[Co+2])c1ccccc1O. The zero-order chi connectivity index (χ0) is 21.6. The molecule has 0 saturated heterocycles. The van der Waals surface area contributed by atoms with Crippen LogP contribution in [0.1, 0.15) is 23.7 Å². The number of hydrogen-bond donors (Lipinski definition) is 2. The van der Waals surface area contributed by atoms with E-state index in [0.29, 0.717) is 0 Å². The van der Waals surface area contributed by atoms with E-state index in [-0.39, 0.29) is 26.6 Å². The van der Waals surface area contributed by atoms with Gasteiger partial charge in [0.1, 0.15) is 5.75 Å². The molecule has 2 N–H and O–H groups in total. The second-order valence-corrected chi connectivity index (χ2v) is 5.00. The molecule has 2 aromatic carbocycles. The summed E-state index contributed by atoms with van der Waals surface area (Å²) in [5, 5.41) is 25.0. The third kappa shape index (κ3) is 7.73. The van der Waals surface area contributed by atoms with E-state index < -0.39 is 12.6 Å². The number of nitrogens with zero attached hydrogens (tertiary/aromatic N) is 4. The Morgan fingerprint density at radius 2 is 1.14 bits per heavy atom. The fourth-order valence-corrected chi connectivity index (χ4v) is 1.93. The summed E-state index contributed by atoms with van der Waals surface area (Å²) in [4.78, 5) is 56.9. The van der Waals surface area contributed by atoms with Crippen LogP contribution in [0, 0.1) is 19.6 Å². The van der Waals surface area contributed by atoms with Gasteiger partial charge in [0.05, 0.1) is 5.56 Å². The van der Waals surface area contributed by atoms with Crippen LogP contribution >= 0.6 is 0 Å². The Bertz CT molecular complexity index is 830. The number of phenolic OH excluding ortho intramolecular Hbond substituents is 2. The first-order chi connectivity index (χ1) is 13.9. The number of phenols is 2. The Morgan fingerprint density at radius 3 is 1.52 bits per heavy atom. The van der Waals surface area contributed by atoms with Gasteiger partial charge in [0, 0.05) is 0 Å². The Balaban J connectivity index is 0.000000291. The molecule has 0 radical (unpaired) electrons. The van der Waals surface area contributed by atoms with Crippen molar-refractivity contribution in [3.63, 3.8) is 0 Å². The van der Waals surface area contributed by atoms with E-state index >= 15 is 0 Å². The van der Waals surface area contributed by atoms with Crippen molar-refractivity contribution in [3.8, 4) is 11.5 Å². The van der Waals surface area contributed by atoms with Gasteiger partial charge in [0.15, 0.2) is 10.7 Å². The van der Waals surface area contributed by atoms with Crippen LogP contribution in [-0.2, 0) is 35.3 Å². The fraction of sp³-hybridized carbons (Fsp3) is 0.143. The van der Waals surface area contributed by atoms with Crippen molar-refractivity contribution >= 4 is 0 Å². The van der Waals surface area contributed by atoms with Crippen LogP contribution in [0.15, 0.2) is 64.6 Å². The van der Waals surface area contributed by atoms with Crippen molar-refractivity contribution in [1.29, 1.82) is 0 Å². The minimum absolute atomic E-state index is 0.0887. The number of hydrogen-bond acceptors (Lipinski definition) is 13. The topological polar surface area (TPSA) is 186 Å². The Morgan fingerprint density at radius 1 is 0.759 bits per heavy atom. The molecule has 0 aliphatic rings. The van der Waals surface area contributed by atoms with Crippen molar-refractivity contribution in [1.82, 2.24) is 0 Å². The summed E-state index contributed by atoms with van der Waals surface area (Å²) in [7, 11) is 0. The Labute approximate surface area is 169 Å². The maximum absolute atomic E-state index is 10.5. The average molecular weight is 455 g/mol. The molecule has 0 aromatic heterocycles. The van der Waals surface area contributed by atoms with Crippen LogP contribution in [0.25, 0.3) is 0 Å². The number of para-hydroxylation sites is 2. The molecular formula is C14H12CoN4O10+3.